The number of rotatable bonds is 4. The van der Waals surface area contributed by atoms with Crippen LogP contribution in [0.25, 0.3) is 0 Å². The minimum absolute atomic E-state index is 0.326. The molecule has 0 aromatic heterocycles. The van der Waals surface area contributed by atoms with Gasteiger partial charge in [0.2, 0.25) is 0 Å². The molecule has 0 aliphatic heterocycles. The highest BCUT2D eigenvalue weighted by molar-refractivity contribution is 7.48. The number of benzene rings is 2. The first kappa shape index (κ1) is 16.2. The molecule has 21 heavy (non-hydrogen) atoms. The van der Waals surface area contributed by atoms with E-state index in [1.165, 1.54) is 24.6 Å². The summed E-state index contributed by atoms with van der Waals surface area (Å²) in [6.07, 6.45) is 0. The van der Waals surface area contributed by atoms with Crippen LogP contribution in [0, 0.1) is 13.8 Å². The third-order valence-corrected chi connectivity index (χ3v) is 5.92. The van der Waals surface area contributed by atoms with Gasteiger partial charge in [-0.05, 0) is 48.3 Å². The van der Waals surface area contributed by atoms with Crippen molar-refractivity contribution < 1.29 is 5.11 Å². The first-order valence-corrected chi connectivity index (χ1v) is 9.60. The van der Waals surface area contributed by atoms with Crippen molar-refractivity contribution in [3.05, 3.63) is 58.7 Å². The predicted molar refractivity (Wildman–Crippen MR) is 98.4 cm³/mol. The molecular formula is C18H22OP2. The van der Waals surface area contributed by atoms with Crippen LogP contribution in [0.15, 0.2) is 36.4 Å². The lowest BCUT2D eigenvalue weighted by molar-refractivity contribution is 0.464. The maximum Gasteiger partial charge on any atom is 0.122 e. The molecule has 2 atom stereocenters. The number of para-hydroxylation sites is 1. The minimum atomic E-state index is 0.326. The summed E-state index contributed by atoms with van der Waals surface area (Å²) in [6, 6.07) is 12.5. The Morgan fingerprint density at radius 2 is 1.76 bits per heavy atom. The second kappa shape index (κ2) is 7.21. The molecule has 0 bridgehead atoms. The molecular weight excluding hydrogens is 294 g/mol. The number of phenolic OH excluding ortho intramolecular Hbond substituents is 1. The van der Waals surface area contributed by atoms with Crippen LogP contribution >= 0.6 is 16.8 Å². The molecule has 0 amide bonds. The van der Waals surface area contributed by atoms with Crippen molar-refractivity contribution in [3.63, 3.8) is 0 Å². The van der Waals surface area contributed by atoms with Crippen molar-refractivity contribution in [2.24, 2.45) is 0 Å². The van der Waals surface area contributed by atoms with Gasteiger partial charge in [0.15, 0.2) is 0 Å². The molecule has 2 rings (SSSR count). The quantitative estimate of drug-likeness (QED) is 0.803. The van der Waals surface area contributed by atoms with Crippen molar-refractivity contribution in [2.45, 2.75) is 26.4 Å². The summed E-state index contributed by atoms with van der Waals surface area (Å²) in [5, 5.41) is 11.7. The molecule has 1 N–H and O–H groups in total. The Hall–Kier alpha value is -1.16. The molecule has 2 aromatic carbocycles. The van der Waals surface area contributed by atoms with E-state index in [0.717, 1.165) is 11.1 Å². The van der Waals surface area contributed by atoms with Gasteiger partial charge in [-0.1, -0.05) is 51.9 Å². The Bertz CT molecular complexity index is 662. The SMILES string of the molecule is CP=Cc1cccc(C)c1PC(C)c1cccc(C)c1O. The van der Waals surface area contributed by atoms with Crippen LogP contribution in [0.3, 0.4) is 0 Å². The standard InChI is InChI=1S/C18H22OP2/c1-12-7-6-10-16(17(12)19)14(3)21-18-13(2)8-5-9-15(18)11-20-4/h5-11,14,19,21H,1-4H3. The summed E-state index contributed by atoms with van der Waals surface area (Å²) in [4.78, 5) is 0. The molecule has 1 nitrogen and oxygen atoms in total. The van der Waals surface area contributed by atoms with E-state index in [0.29, 0.717) is 20.0 Å². The molecule has 3 heteroatoms. The Labute approximate surface area is 131 Å². The lowest BCUT2D eigenvalue weighted by atomic mass is 10.1. The fraction of sp³-hybridized carbons (Fsp3) is 0.278. The van der Waals surface area contributed by atoms with Crippen LogP contribution < -0.4 is 5.30 Å². The molecule has 0 saturated heterocycles. The molecule has 0 spiro atoms. The second-order valence-corrected chi connectivity index (χ2v) is 7.73. The van der Waals surface area contributed by atoms with Crippen LogP contribution in [0.2, 0.25) is 0 Å². The Balaban J connectivity index is 2.36. The van der Waals surface area contributed by atoms with Gasteiger partial charge in [0, 0.05) is 11.2 Å². The number of aryl methyl sites for hydroxylation is 2. The molecule has 0 heterocycles. The van der Waals surface area contributed by atoms with Gasteiger partial charge in [0.05, 0.1) is 0 Å². The topological polar surface area (TPSA) is 20.2 Å². The number of phenols is 1. The van der Waals surface area contributed by atoms with E-state index >= 15 is 0 Å². The number of hydrogen-bond acceptors (Lipinski definition) is 1. The average molecular weight is 316 g/mol. The third kappa shape index (κ3) is 3.73. The highest BCUT2D eigenvalue weighted by Crippen LogP contribution is 2.40. The van der Waals surface area contributed by atoms with Gasteiger partial charge < -0.3 is 5.11 Å². The minimum Gasteiger partial charge on any atom is -0.507 e. The summed E-state index contributed by atoms with van der Waals surface area (Å²) in [5.41, 5.74) is 5.00. The Morgan fingerprint density at radius 3 is 2.48 bits per heavy atom. The first-order valence-electron chi connectivity index (χ1n) is 7.11. The third-order valence-electron chi connectivity index (χ3n) is 3.67. The van der Waals surface area contributed by atoms with E-state index in [1.54, 1.807) is 0 Å². The van der Waals surface area contributed by atoms with E-state index in [9.17, 15) is 5.11 Å². The molecule has 0 aliphatic rings. The van der Waals surface area contributed by atoms with Crippen molar-refractivity contribution in [3.8, 4) is 5.75 Å². The molecule has 0 saturated carbocycles. The van der Waals surface area contributed by atoms with Gasteiger partial charge in [0.25, 0.3) is 0 Å². The first-order chi connectivity index (χ1) is 10.0. The summed E-state index contributed by atoms with van der Waals surface area (Å²) >= 11 is 0. The van der Waals surface area contributed by atoms with Gasteiger partial charge in [-0.15, -0.1) is 8.20 Å². The van der Waals surface area contributed by atoms with E-state index < -0.39 is 0 Å². The highest BCUT2D eigenvalue weighted by Gasteiger charge is 2.15. The zero-order chi connectivity index (χ0) is 15.4. The molecule has 0 radical (unpaired) electrons. The molecule has 110 valence electrons. The van der Waals surface area contributed by atoms with E-state index in [-0.39, 0.29) is 0 Å². The summed E-state index contributed by atoms with van der Waals surface area (Å²) in [6.45, 7) is 8.48. The van der Waals surface area contributed by atoms with Crippen LogP contribution in [-0.4, -0.2) is 17.6 Å². The average Bonchev–Trinajstić information content (AvgIpc) is 2.45. The second-order valence-electron chi connectivity index (χ2n) is 5.31. The Kier molecular flexibility index (Phi) is 5.57. The Morgan fingerprint density at radius 1 is 1.10 bits per heavy atom. The van der Waals surface area contributed by atoms with Crippen LogP contribution in [0.1, 0.15) is 34.8 Å². The smallest absolute Gasteiger partial charge is 0.122 e. The largest absolute Gasteiger partial charge is 0.507 e. The summed E-state index contributed by atoms with van der Waals surface area (Å²) < 4.78 is 0. The van der Waals surface area contributed by atoms with E-state index in [1.807, 2.05) is 25.1 Å². The van der Waals surface area contributed by atoms with Crippen molar-refractivity contribution >= 4 is 27.9 Å². The van der Waals surface area contributed by atoms with Crippen molar-refractivity contribution in [1.29, 1.82) is 0 Å². The van der Waals surface area contributed by atoms with Gasteiger partial charge in [-0.25, -0.2) is 0 Å². The highest BCUT2D eigenvalue weighted by atomic mass is 31.1. The predicted octanol–water partition coefficient (Wildman–Crippen LogP) is 4.80. The lowest BCUT2D eigenvalue weighted by Gasteiger charge is -2.18. The normalized spacial score (nSPS) is 13.3. The summed E-state index contributed by atoms with van der Waals surface area (Å²) in [7, 11) is 1.94. The number of aromatic hydroxyl groups is 1. The fourth-order valence-electron chi connectivity index (χ4n) is 2.46. The van der Waals surface area contributed by atoms with Gasteiger partial charge >= 0.3 is 0 Å². The molecule has 0 fully saturated rings. The zero-order valence-electron chi connectivity index (χ0n) is 13.0. The summed E-state index contributed by atoms with van der Waals surface area (Å²) in [5.74, 6) is 2.71. The van der Waals surface area contributed by atoms with E-state index in [2.05, 4.69) is 44.5 Å². The maximum atomic E-state index is 10.3. The van der Waals surface area contributed by atoms with Crippen molar-refractivity contribution in [1.82, 2.24) is 0 Å². The van der Waals surface area contributed by atoms with Gasteiger partial charge in [-0.2, -0.15) is 0 Å². The fourth-order valence-corrected chi connectivity index (χ4v) is 4.53. The zero-order valence-corrected chi connectivity index (χ0v) is 14.9. The van der Waals surface area contributed by atoms with E-state index in [4.69, 9.17) is 0 Å². The lowest BCUT2D eigenvalue weighted by Crippen LogP contribution is -2.09. The van der Waals surface area contributed by atoms with Gasteiger partial charge in [0.1, 0.15) is 5.75 Å². The molecule has 2 aromatic rings. The molecule has 0 aliphatic carbocycles. The van der Waals surface area contributed by atoms with Crippen LogP contribution in [0.5, 0.6) is 5.75 Å². The molecule has 2 unspecified atom stereocenters. The van der Waals surface area contributed by atoms with Crippen molar-refractivity contribution in [2.75, 3.05) is 6.66 Å². The monoisotopic (exact) mass is 316 g/mol. The maximum absolute atomic E-state index is 10.3. The van der Waals surface area contributed by atoms with Gasteiger partial charge in [-0.3, -0.25) is 0 Å². The van der Waals surface area contributed by atoms with Crippen LogP contribution in [-0.2, 0) is 0 Å². The van der Waals surface area contributed by atoms with Crippen LogP contribution in [0.4, 0.5) is 0 Å². The number of hydrogen-bond donors (Lipinski definition) is 1.